The number of aromatic nitrogens is 2. The second-order valence-corrected chi connectivity index (χ2v) is 9.07. The molecule has 2 heterocycles. The van der Waals surface area contributed by atoms with Crippen molar-refractivity contribution < 1.29 is 18.7 Å². The molecule has 0 bridgehead atoms. The molecule has 0 saturated heterocycles. The van der Waals surface area contributed by atoms with E-state index in [4.69, 9.17) is 25.5 Å². The monoisotopic (exact) mass is 455 g/mol. The van der Waals surface area contributed by atoms with Gasteiger partial charge in [0.25, 0.3) is 5.91 Å². The molecule has 1 aromatic heterocycles. The molecule has 0 radical (unpaired) electrons. The Morgan fingerprint density at radius 1 is 1.19 bits per heavy atom. The van der Waals surface area contributed by atoms with Crippen molar-refractivity contribution in [1.82, 2.24) is 15.1 Å². The van der Waals surface area contributed by atoms with E-state index in [1.54, 1.807) is 17.0 Å². The highest BCUT2D eigenvalue weighted by molar-refractivity contribution is 6.33. The minimum absolute atomic E-state index is 0.0848. The van der Waals surface area contributed by atoms with Gasteiger partial charge < -0.3 is 18.8 Å². The molecular weight excluding hydrogens is 430 g/mol. The van der Waals surface area contributed by atoms with E-state index in [9.17, 15) is 4.79 Å². The molecule has 0 aliphatic carbocycles. The maximum absolute atomic E-state index is 13.0. The maximum atomic E-state index is 13.0. The molecule has 0 unspecified atom stereocenters. The molecule has 2 aromatic carbocycles. The third kappa shape index (κ3) is 4.72. The zero-order chi connectivity index (χ0) is 22.9. The Morgan fingerprint density at radius 2 is 1.97 bits per heavy atom. The molecule has 8 heteroatoms. The summed E-state index contributed by atoms with van der Waals surface area (Å²) in [7, 11) is 0. The Bertz CT molecular complexity index is 1130. The summed E-state index contributed by atoms with van der Waals surface area (Å²) in [6, 6.07) is 12.9. The van der Waals surface area contributed by atoms with E-state index in [1.807, 2.05) is 58.0 Å². The standard InChI is InChI=1S/C24H26ClN3O4/c1-15(2)28(13-20-26-27-23(31-20)17-9-5-6-10-18(17)25)21(29)14-30-19-11-7-8-16-12-24(3,4)32-22(16)19/h5-11,15H,12-14H2,1-4H3. The van der Waals surface area contributed by atoms with Gasteiger partial charge in [-0.25, -0.2) is 0 Å². The van der Waals surface area contributed by atoms with Gasteiger partial charge in [-0.05, 0) is 45.9 Å². The summed E-state index contributed by atoms with van der Waals surface area (Å²) >= 11 is 6.21. The van der Waals surface area contributed by atoms with Gasteiger partial charge in [-0.2, -0.15) is 0 Å². The molecule has 1 aliphatic heterocycles. The number of nitrogens with zero attached hydrogens (tertiary/aromatic N) is 3. The molecule has 3 aromatic rings. The minimum atomic E-state index is -0.285. The summed E-state index contributed by atoms with van der Waals surface area (Å²) in [5.74, 6) is 1.74. The molecule has 32 heavy (non-hydrogen) atoms. The second kappa shape index (κ2) is 8.82. The Hall–Kier alpha value is -3.06. The molecule has 7 nitrogen and oxygen atoms in total. The van der Waals surface area contributed by atoms with Crippen molar-refractivity contribution >= 4 is 17.5 Å². The van der Waals surface area contributed by atoms with E-state index >= 15 is 0 Å². The number of halogens is 1. The molecule has 0 spiro atoms. The van der Waals surface area contributed by atoms with Crippen LogP contribution in [0.4, 0.5) is 0 Å². The topological polar surface area (TPSA) is 77.7 Å². The molecule has 0 atom stereocenters. The largest absolute Gasteiger partial charge is 0.483 e. The molecule has 4 rings (SSSR count). The zero-order valence-electron chi connectivity index (χ0n) is 18.6. The van der Waals surface area contributed by atoms with Crippen molar-refractivity contribution in [2.45, 2.75) is 52.3 Å². The van der Waals surface area contributed by atoms with E-state index in [0.717, 1.165) is 12.0 Å². The molecule has 1 aliphatic rings. The van der Waals surface area contributed by atoms with Crippen LogP contribution in [-0.4, -0.2) is 39.3 Å². The van der Waals surface area contributed by atoms with Gasteiger partial charge in [0.2, 0.25) is 11.8 Å². The van der Waals surface area contributed by atoms with Gasteiger partial charge in [0, 0.05) is 18.0 Å². The van der Waals surface area contributed by atoms with Crippen molar-refractivity contribution in [1.29, 1.82) is 0 Å². The number of hydrogen-bond donors (Lipinski definition) is 0. The Morgan fingerprint density at radius 3 is 2.72 bits per heavy atom. The molecule has 0 N–H and O–H groups in total. The Kier molecular flexibility index (Phi) is 6.11. The lowest BCUT2D eigenvalue weighted by atomic mass is 10.0. The fraction of sp³-hybridized carbons (Fsp3) is 0.375. The average Bonchev–Trinajstić information content (AvgIpc) is 3.33. The van der Waals surface area contributed by atoms with Gasteiger partial charge in [-0.1, -0.05) is 35.9 Å². The van der Waals surface area contributed by atoms with Crippen LogP contribution in [0.1, 0.15) is 39.1 Å². The number of benzene rings is 2. The first kappa shape index (κ1) is 22.1. The average molecular weight is 456 g/mol. The van der Waals surface area contributed by atoms with Crippen molar-refractivity contribution in [2.24, 2.45) is 0 Å². The summed E-state index contributed by atoms with van der Waals surface area (Å²) in [6.45, 7) is 7.97. The highest BCUT2D eigenvalue weighted by atomic mass is 35.5. The third-order valence-corrected chi connectivity index (χ3v) is 5.56. The summed E-state index contributed by atoms with van der Waals surface area (Å²) in [5, 5.41) is 8.69. The predicted octanol–water partition coefficient (Wildman–Crippen LogP) is 4.92. The first-order chi connectivity index (χ1) is 15.2. The number of amides is 1. The first-order valence-corrected chi connectivity index (χ1v) is 10.9. The van der Waals surface area contributed by atoms with Gasteiger partial charge in [-0.15, -0.1) is 10.2 Å². The number of para-hydroxylation sites is 1. The van der Waals surface area contributed by atoms with Gasteiger partial charge in [0.05, 0.1) is 17.1 Å². The quantitative estimate of drug-likeness (QED) is 0.503. The molecule has 0 saturated carbocycles. The molecule has 1 amide bonds. The van der Waals surface area contributed by atoms with Crippen LogP contribution in [-0.2, 0) is 17.8 Å². The van der Waals surface area contributed by atoms with Gasteiger partial charge in [-0.3, -0.25) is 4.79 Å². The Labute approximate surface area is 192 Å². The van der Waals surface area contributed by atoms with Crippen LogP contribution < -0.4 is 9.47 Å². The summed E-state index contributed by atoms with van der Waals surface area (Å²) < 4.78 is 17.7. The fourth-order valence-corrected chi connectivity index (χ4v) is 3.91. The van der Waals surface area contributed by atoms with E-state index in [-0.39, 0.29) is 30.7 Å². The molecule has 168 valence electrons. The normalized spacial score (nSPS) is 14.2. The number of carbonyl (C=O) groups excluding carboxylic acids is 1. The lowest BCUT2D eigenvalue weighted by Crippen LogP contribution is -2.39. The SMILES string of the molecule is CC(C)N(Cc1nnc(-c2ccccc2Cl)o1)C(=O)COc1cccc2c1OC(C)(C)C2. The van der Waals surface area contributed by atoms with Crippen molar-refractivity contribution in [2.75, 3.05) is 6.61 Å². The second-order valence-electron chi connectivity index (χ2n) is 8.67. The van der Waals surface area contributed by atoms with Crippen molar-refractivity contribution in [3.05, 3.63) is 58.9 Å². The van der Waals surface area contributed by atoms with Gasteiger partial charge in [0.1, 0.15) is 5.60 Å². The number of rotatable bonds is 7. The van der Waals surface area contributed by atoms with Crippen LogP contribution in [0, 0.1) is 0 Å². The highest BCUT2D eigenvalue weighted by Crippen LogP contribution is 2.41. The van der Waals surface area contributed by atoms with E-state index < -0.39 is 0 Å². The van der Waals surface area contributed by atoms with Crippen LogP contribution in [0.5, 0.6) is 11.5 Å². The summed E-state index contributed by atoms with van der Waals surface area (Å²) in [6.07, 6.45) is 0.802. The molecule has 0 fully saturated rings. The summed E-state index contributed by atoms with van der Waals surface area (Å²) in [4.78, 5) is 14.6. The number of carbonyl (C=O) groups is 1. The zero-order valence-corrected chi connectivity index (χ0v) is 19.3. The predicted molar refractivity (Wildman–Crippen MR) is 121 cm³/mol. The van der Waals surface area contributed by atoms with Crippen LogP contribution >= 0.6 is 11.6 Å². The summed E-state index contributed by atoms with van der Waals surface area (Å²) in [5.41, 5.74) is 1.45. The number of fused-ring (bicyclic) bond motifs is 1. The number of ether oxygens (including phenoxy) is 2. The first-order valence-electron chi connectivity index (χ1n) is 10.5. The highest BCUT2D eigenvalue weighted by Gasteiger charge is 2.32. The van der Waals surface area contributed by atoms with E-state index in [0.29, 0.717) is 33.9 Å². The molecular formula is C24H26ClN3O4. The van der Waals surface area contributed by atoms with Crippen LogP contribution in [0.2, 0.25) is 5.02 Å². The van der Waals surface area contributed by atoms with E-state index in [1.165, 1.54) is 0 Å². The third-order valence-electron chi connectivity index (χ3n) is 5.23. The van der Waals surface area contributed by atoms with Gasteiger partial charge >= 0.3 is 0 Å². The van der Waals surface area contributed by atoms with Crippen LogP contribution in [0.25, 0.3) is 11.5 Å². The number of hydrogen-bond acceptors (Lipinski definition) is 6. The lowest BCUT2D eigenvalue weighted by Gasteiger charge is -2.25. The van der Waals surface area contributed by atoms with Crippen molar-refractivity contribution in [3.63, 3.8) is 0 Å². The minimum Gasteiger partial charge on any atom is -0.483 e. The van der Waals surface area contributed by atoms with E-state index in [2.05, 4.69) is 10.2 Å². The lowest BCUT2D eigenvalue weighted by molar-refractivity contribution is -0.136. The van der Waals surface area contributed by atoms with Crippen LogP contribution in [0.3, 0.4) is 0 Å². The van der Waals surface area contributed by atoms with Gasteiger partial charge in [0.15, 0.2) is 18.1 Å². The van der Waals surface area contributed by atoms with Crippen LogP contribution in [0.15, 0.2) is 46.9 Å². The maximum Gasteiger partial charge on any atom is 0.261 e. The Balaban J connectivity index is 1.44. The fourth-order valence-electron chi connectivity index (χ4n) is 3.69. The van der Waals surface area contributed by atoms with Crippen molar-refractivity contribution in [3.8, 4) is 23.0 Å². The smallest absolute Gasteiger partial charge is 0.261 e.